The summed E-state index contributed by atoms with van der Waals surface area (Å²) in [5.41, 5.74) is 0.798. The van der Waals surface area contributed by atoms with Crippen LogP contribution in [0.15, 0.2) is 28.7 Å². The topological polar surface area (TPSA) is 9.23 Å². The van der Waals surface area contributed by atoms with Crippen molar-refractivity contribution in [1.82, 2.24) is 0 Å². The summed E-state index contributed by atoms with van der Waals surface area (Å²) in [5.74, 6) is 0.924. The summed E-state index contributed by atoms with van der Waals surface area (Å²) in [6.45, 7) is 4.07. The van der Waals surface area contributed by atoms with Gasteiger partial charge in [0.15, 0.2) is 0 Å². The Balaban J connectivity index is 2.64. The lowest BCUT2D eigenvalue weighted by molar-refractivity contribution is 0.155. The number of hydrogen-bond acceptors (Lipinski definition) is 1. The van der Waals surface area contributed by atoms with Crippen molar-refractivity contribution >= 4 is 36.3 Å². The Morgan fingerprint density at radius 1 is 1.14 bits per heavy atom. The fraction of sp³-hybridized carbons (Fsp3) is 0.273. The first-order valence-corrected chi connectivity index (χ1v) is 5.95. The molecule has 0 spiro atoms. The van der Waals surface area contributed by atoms with Crippen LogP contribution in [0, 0.1) is 0 Å². The number of hydrogen-bond donors (Lipinski definition) is 0. The van der Waals surface area contributed by atoms with E-state index < -0.39 is 0 Å². The van der Waals surface area contributed by atoms with E-state index in [1.54, 1.807) is 0 Å². The summed E-state index contributed by atoms with van der Waals surface area (Å²) in [5, 5.41) is 0. The zero-order valence-electron chi connectivity index (χ0n) is 7.97. The maximum atomic E-state index is 5.87. The smallest absolute Gasteiger partial charge is 0.136 e. The molecule has 0 unspecified atom stereocenters. The van der Waals surface area contributed by atoms with E-state index in [1.807, 2.05) is 38.1 Å². The number of fused-ring (bicyclic) bond motifs is 1. The van der Waals surface area contributed by atoms with Gasteiger partial charge in [0.2, 0.25) is 0 Å². The van der Waals surface area contributed by atoms with E-state index in [1.165, 1.54) is 0 Å². The first-order chi connectivity index (χ1) is 6.52. The lowest BCUT2D eigenvalue weighted by atomic mass is 10.0. The average Bonchev–Trinajstić information content (AvgIpc) is 2.14. The Bertz CT molecular complexity index is 408. The monoisotopic (exact) mass is 316 g/mol. The van der Waals surface area contributed by atoms with Gasteiger partial charge in [0.05, 0.1) is 4.48 Å². The van der Waals surface area contributed by atoms with Crippen molar-refractivity contribution in [3.8, 4) is 5.75 Å². The SMILES string of the molecule is CC1(C)Oc2ccccc2C(Br)=C1Br. The fourth-order valence-electron chi connectivity index (χ4n) is 1.44. The van der Waals surface area contributed by atoms with Gasteiger partial charge in [-0.25, -0.2) is 0 Å². The number of ether oxygens (including phenoxy) is 1. The van der Waals surface area contributed by atoms with Crippen molar-refractivity contribution in [1.29, 1.82) is 0 Å². The van der Waals surface area contributed by atoms with Gasteiger partial charge in [-0.1, -0.05) is 34.1 Å². The molecule has 0 radical (unpaired) electrons. The predicted octanol–water partition coefficient (Wildman–Crippen LogP) is 4.32. The molecule has 3 heteroatoms. The Morgan fingerprint density at radius 2 is 1.79 bits per heavy atom. The molecule has 14 heavy (non-hydrogen) atoms. The van der Waals surface area contributed by atoms with E-state index in [2.05, 4.69) is 31.9 Å². The van der Waals surface area contributed by atoms with Gasteiger partial charge in [-0.15, -0.1) is 0 Å². The summed E-state index contributed by atoms with van der Waals surface area (Å²) < 4.78 is 7.99. The highest BCUT2D eigenvalue weighted by Gasteiger charge is 2.32. The number of rotatable bonds is 0. The Hall–Kier alpha value is -0.280. The molecule has 0 atom stereocenters. The second-order valence-corrected chi connectivity index (χ2v) is 5.32. The normalized spacial score (nSPS) is 18.9. The summed E-state index contributed by atoms with van der Waals surface area (Å²) in [6, 6.07) is 8.00. The van der Waals surface area contributed by atoms with Crippen molar-refractivity contribution < 1.29 is 4.74 Å². The Kier molecular flexibility index (Phi) is 2.48. The molecule has 1 aromatic rings. The van der Waals surface area contributed by atoms with Gasteiger partial charge in [-0.2, -0.15) is 0 Å². The van der Waals surface area contributed by atoms with E-state index in [0.29, 0.717) is 0 Å². The van der Waals surface area contributed by atoms with Crippen LogP contribution in [0.3, 0.4) is 0 Å². The van der Waals surface area contributed by atoms with Crippen LogP contribution in [0.25, 0.3) is 4.48 Å². The molecule has 0 saturated carbocycles. The first-order valence-electron chi connectivity index (χ1n) is 4.36. The maximum Gasteiger partial charge on any atom is 0.136 e. The predicted molar refractivity (Wildman–Crippen MR) is 65.9 cm³/mol. The number of halogens is 2. The van der Waals surface area contributed by atoms with Gasteiger partial charge >= 0.3 is 0 Å². The Morgan fingerprint density at radius 3 is 2.50 bits per heavy atom. The van der Waals surface area contributed by atoms with Gasteiger partial charge in [-0.3, -0.25) is 0 Å². The third-order valence-corrected chi connectivity index (χ3v) is 4.92. The molecule has 0 fully saturated rings. The molecule has 1 aliphatic heterocycles. The lowest BCUT2D eigenvalue weighted by Crippen LogP contribution is -2.31. The standard InChI is InChI=1S/C11H10Br2O/c1-11(2)10(13)9(12)7-5-3-4-6-8(7)14-11/h3-6H,1-2H3. The van der Waals surface area contributed by atoms with Gasteiger partial charge in [0.1, 0.15) is 11.4 Å². The molecular weight excluding hydrogens is 308 g/mol. The highest BCUT2D eigenvalue weighted by molar-refractivity contribution is 9.16. The van der Waals surface area contributed by atoms with Crippen molar-refractivity contribution in [3.63, 3.8) is 0 Å². The second-order valence-electron chi connectivity index (χ2n) is 3.74. The third-order valence-electron chi connectivity index (χ3n) is 2.21. The van der Waals surface area contributed by atoms with Crippen LogP contribution in [0.1, 0.15) is 19.4 Å². The minimum Gasteiger partial charge on any atom is -0.482 e. The lowest BCUT2D eigenvalue weighted by Gasteiger charge is -2.32. The number of para-hydroxylation sites is 1. The van der Waals surface area contributed by atoms with Crippen molar-refractivity contribution in [2.75, 3.05) is 0 Å². The van der Waals surface area contributed by atoms with Gasteiger partial charge in [-0.05, 0) is 35.8 Å². The molecule has 0 amide bonds. The quantitative estimate of drug-likeness (QED) is 0.692. The van der Waals surface area contributed by atoms with E-state index in [4.69, 9.17) is 4.74 Å². The van der Waals surface area contributed by atoms with Gasteiger partial charge < -0.3 is 4.74 Å². The summed E-state index contributed by atoms with van der Waals surface area (Å²) >= 11 is 7.13. The molecule has 2 rings (SSSR count). The molecule has 1 nitrogen and oxygen atoms in total. The highest BCUT2D eigenvalue weighted by Crippen LogP contribution is 2.45. The van der Waals surface area contributed by atoms with E-state index in [-0.39, 0.29) is 5.60 Å². The largest absolute Gasteiger partial charge is 0.482 e. The van der Waals surface area contributed by atoms with Crippen molar-refractivity contribution in [2.24, 2.45) is 0 Å². The van der Waals surface area contributed by atoms with Crippen LogP contribution in [-0.2, 0) is 0 Å². The van der Waals surface area contributed by atoms with Crippen molar-refractivity contribution in [2.45, 2.75) is 19.4 Å². The van der Waals surface area contributed by atoms with Crippen LogP contribution >= 0.6 is 31.9 Å². The minimum absolute atomic E-state index is 0.298. The van der Waals surface area contributed by atoms with Crippen LogP contribution in [-0.4, -0.2) is 5.60 Å². The molecule has 0 aliphatic carbocycles. The highest BCUT2D eigenvalue weighted by atomic mass is 79.9. The second kappa shape index (κ2) is 3.38. The van der Waals surface area contributed by atoms with Crippen molar-refractivity contribution in [3.05, 3.63) is 34.3 Å². The molecule has 0 aromatic heterocycles. The van der Waals surface area contributed by atoms with Crippen LogP contribution in [0.5, 0.6) is 5.75 Å². The minimum atomic E-state index is -0.298. The molecule has 1 aromatic carbocycles. The molecule has 0 bridgehead atoms. The van der Waals surface area contributed by atoms with E-state index in [0.717, 1.165) is 20.3 Å². The zero-order valence-corrected chi connectivity index (χ0v) is 11.1. The molecule has 74 valence electrons. The summed E-state index contributed by atoms with van der Waals surface area (Å²) in [7, 11) is 0. The van der Waals surface area contributed by atoms with Crippen LogP contribution in [0.4, 0.5) is 0 Å². The van der Waals surface area contributed by atoms with E-state index >= 15 is 0 Å². The van der Waals surface area contributed by atoms with Gasteiger partial charge in [0, 0.05) is 10.0 Å². The van der Waals surface area contributed by atoms with Crippen LogP contribution < -0.4 is 4.74 Å². The molecule has 1 heterocycles. The average molecular weight is 318 g/mol. The number of benzene rings is 1. The van der Waals surface area contributed by atoms with E-state index in [9.17, 15) is 0 Å². The molecule has 0 N–H and O–H groups in total. The molecule has 1 aliphatic rings. The molecular formula is C11H10Br2O. The maximum absolute atomic E-state index is 5.87. The van der Waals surface area contributed by atoms with Gasteiger partial charge in [0.25, 0.3) is 0 Å². The third kappa shape index (κ3) is 1.52. The Labute approximate surface area is 100 Å². The fourth-order valence-corrected chi connectivity index (χ4v) is 2.54. The summed E-state index contributed by atoms with van der Waals surface area (Å²) in [6.07, 6.45) is 0. The molecule has 0 saturated heterocycles. The summed E-state index contributed by atoms with van der Waals surface area (Å²) in [4.78, 5) is 0. The first kappa shape index (κ1) is 10.2. The zero-order chi connectivity index (χ0) is 10.3. The van der Waals surface area contributed by atoms with Crippen LogP contribution in [0.2, 0.25) is 0 Å².